The molecular weight excluding hydrogens is 226 g/mol. The van der Waals surface area contributed by atoms with Gasteiger partial charge in [0.1, 0.15) is 6.04 Å². The van der Waals surface area contributed by atoms with Gasteiger partial charge in [-0.05, 0) is 6.92 Å². The second-order valence-electron chi connectivity index (χ2n) is 3.72. The number of imidazole rings is 1. The maximum atomic E-state index is 11.7. The monoisotopic (exact) mass is 237 g/mol. The summed E-state index contributed by atoms with van der Waals surface area (Å²) in [6, 6.07) is -0.710. The molecule has 0 aliphatic rings. The van der Waals surface area contributed by atoms with E-state index in [0.29, 0.717) is 0 Å². The second-order valence-corrected chi connectivity index (χ2v) is 3.72. The highest BCUT2D eigenvalue weighted by Crippen LogP contribution is 2.11. The van der Waals surface area contributed by atoms with E-state index in [1.807, 2.05) is 0 Å². The molecule has 3 N–H and O–H groups in total. The molecule has 0 aliphatic carbocycles. The minimum atomic E-state index is -0.710. The largest absolute Gasteiger partial charge is 0.368 e. The lowest BCUT2D eigenvalue weighted by atomic mass is 10.3. The number of nitrogens with zero attached hydrogens (tertiary/aromatic N) is 3. The number of amides is 1. The summed E-state index contributed by atoms with van der Waals surface area (Å²) in [5.74, 6) is -0.586. The van der Waals surface area contributed by atoms with E-state index in [2.05, 4.69) is 9.97 Å². The molecule has 17 heavy (non-hydrogen) atoms. The van der Waals surface area contributed by atoms with Gasteiger partial charge in [-0.15, -0.1) is 0 Å². The summed E-state index contributed by atoms with van der Waals surface area (Å²) in [7, 11) is 1.48. The number of fused-ring (bicyclic) bond motifs is 1. The van der Waals surface area contributed by atoms with Crippen LogP contribution < -0.4 is 17.0 Å². The maximum Gasteiger partial charge on any atom is 0.329 e. The zero-order valence-electron chi connectivity index (χ0n) is 9.30. The van der Waals surface area contributed by atoms with E-state index in [-0.39, 0.29) is 11.2 Å². The Kier molecular flexibility index (Phi) is 2.34. The average Bonchev–Trinajstić information content (AvgIpc) is 2.69. The summed E-state index contributed by atoms with van der Waals surface area (Å²) in [6.45, 7) is 1.55. The van der Waals surface area contributed by atoms with Crippen molar-refractivity contribution < 1.29 is 4.79 Å². The third kappa shape index (κ3) is 1.53. The van der Waals surface area contributed by atoms with Crippen LogP contribution in [0.4, 0.5) is 0 Å². The van der Waals surface area contributed by atoms with Gasteiger partial charge < -0.3 is 10.3 Å². The van der Waals surface area contributed by atoms with Crippen LogP contribution in [-0.2, 0) is 11.8 Å². The summed E-state index contributed by atoms with van der Waals surface area (Å²) in [5, 5.41) is 0. The van der Waals surface area contributed by atoms with E-state index in [0.717, 1.165) is 0 Å². The standard InChI is InChI=1S/C9H11N5O3/c1-4(6(10)15)14-3-11-7-5(14)8(16)12-9(17)13(7)2/h3-4H,1-2H3,(H2,10,15)(H,12,16,17)/t4-/m0/s1. The molecule has 0 unspecified atom stereocenters. The predicted molar refractivity (Wildman–Crippen MR) is 59.5 cm³/mol. The van der Waals surface area contributed by atoms with Crippen molar-refractivity contribution in [3.8, 4) is 0 Å². The lowest BCUT2D eigenvalue weighted by Crippen LogP contribution is -2.31. The first-order valence-electron chi connectivity index (χ1n) is 4.88. The SMILES string of the molecule is C[C@@H](C(N)=O)n1cnc2c1c(=O)[nH]c(=O)n2C. The number of hydrogen-bond donors (Lipinski definition) is 2. The van der Waals surface area contributed by atoms with Gasteiger partial charge >= 0.3 is 5.69 Å². The minimum absolute atomic E-state index is 0.151. The molecule has 0 aliphatic heterocycles. The Balaban J connectivity index is 2.87. The van der Waals surface area contributed by atoms with Crippen molar-refractivity contribution in [1.82, 2.24) is 19.1 Å². The number of primary amides is 1. The normalized spacial score (nSPS) is 12.8. The molecule has 0 spiro atoms. The van der Waals surface area contributed by atoms with Crippen LogP contribution in [-0.4, -0.2) is 25.0 Å². The Morgan fingerprint density at radius 2 is 2.18 bits per heavy atom. The first-order chi connectivity index (χ1) is 7.93. The number of aromatic amines is 1. The predicted octanol–water partition coefficient (Wildman–Crippen LogP) is -1.53. The number of hydrogen-bond acceptors (Lipinski definition) is 4. The summed E-state index contributed by atoms with van der Waals surface area (Å²) < 4.78 is 2.54. The fraction of sp³-hybridized carbons (Fsp3) is 0.333. The van der Waals surface area contributed by atoms with Gasteiger partial charge in [-0.2, -0.15) is 0 Å². The number of rotatable bonds is 2. The Hall–Kier alpha value is -2.38. The molecule has 0 fully saturated rings. The van der Waals surface area contributed by atoms with Crippen LogP contribution in [0.2, 0.25) is 0 Å². The van der Waals surface area contributed by atoms with Gasteiger partial charge in [-0.3, -0.25) is 19.1 Å². The molecule has 2 heterocycles. The van der Waals surface area contributed by atoms with Crippen molar-refractivity contribution >= 4 is 17.1 Å². The second kappa shape index (κ2) is 3.58. The summed E-state index contributed by atoms with van der Waals surface area (Å²) in [5.41, 5.74) is 4.39. The number of aromatic nitrogens is 4. The zero-order valence-corrected chi connectivity index (χ0v) is 9.30. The molecule has 8 nitrogen and oxygen atoms in total. The van der Waals surface area contributed by atoms with Crippen LogP contribution in [0.1, 0.15) is 13.0 Å². The third-order valence-corrected chi connectivity index (χ3v) is 2.66. The maximum absolute atomic E-state index is 11.7. The van der Waals surface area contributed by atoms with Crippen molar-refractivity contribution in [3.63, 3.8) is 0 Å². The van der Waals surface area contributed by atoms with Crippen LogP contribution in [0.5, 0.6) is 0 Å². The molecule has 0 saturated carbocycles. The molecule has 1 amide bonds. The summed E-state index contributed by atoms with van der Waals surface area (Å²) >= 11 is 0. The van der Waals surface area contributed by atoms with Gasteiger partial charge in [0.15, 0.2) is 11.2 Å². The Bertz CT molecular complexity index is 707. The van der Waals surface area contributed by atoms with Crippen LogP contribution in [0, 0.1) is 0 Å². The Morgan fingerprint density at radius 1 is 1.53 bits per heavy atom. The number of nitrogens with two attached hydrogens (primary N) is 1. The van der Waals surface area contributed by atoms with Crippen molar-refractivity contribution in [2.45, 2.75) is 13.0 Å². The average molecular weight is 237 g/mol. The molecule has 0 bridgehead atoms. The van der Waals surface area contributed by atoms with Crippen molar-refractivity contribution in [3.05, 3.63) is 27.2 Å². The zero-order chi connectivity index (χ0) is 12.7. The van der Waals surface area contributed by atoms with Crippen LogP contribution in [0.25, 0.3) is 11.2 Å². The molecule has 2 rings (SSSR count). The molecule has 0 radical (unpaired) electrons. The number of H-pyrrole nitrogens is 1. The smallest absolute Gasteiger partial charge is 0.329 e. The van der Waals surface area contributed by atoms with E-state index in [1.165, 1.54) is 22.5 Å². The van der Waals surface area contributed by atoms with Crippen LogP contribution >= 0.6 is 0 Å². The molecule has 90 valence electrons. The fourth-order valence-electron chi connectivity index (χ4n) is 1.58. The molecule has 1 atom stereocenters. The molecular formula is C9H11N5O3. The Labute approximate surface area is 94.7 Å². The van der Waals surface area contributed by atoms with Crippen molar-refractivity contribution in [1.29, 1.82) is 0 Å². The lowest BCUT2D eigenvalue weighted by molar-refractivity contribution is -0.120. The Morgan fingerprint density at radius 3 is 2.76 bits per heavy atom. The quantitative estimate of drug-likeness (QED) is 0.659. The van der Waals surface area contributed by atoms with E-state index in [1.54, 1.807) is 6.92 Å². The van der Waals surface area contributed by atoms with E-state index < -0.39 is 23.2 Å². The minimum Gasteiger partial charge on any atom is -0.368 e. The number of carbonyl (C=O) groups is 1. The lowest BCUT2D eigenvalue weighted by Gasteiger charge is -2.09. The van der Waals surface area contributed by atoms with Gasteiger partial charge in [-0.25, -0.2) is 9.78 Å². The third-order valence-electron chi connectivity index (χ3n) is 2.66. The first-order valence-corrected chi connectivity index (χ1v) is 4.88. The van der Waals surface area contributed by atoms with Gasteiger partial charge in [0.2, 0.25) is 5.91 Å². The fourth-order valence-corrected chi connectivity index (χ4v) is 1.58. The van der Waals surface area contributed by atoms with Crippen LogP contribution in [0.15, 0.2) is 15.9 Å². The van der Waals surface area contributed by atoms with E-state index >= 15 is 0 Å². The topological polar surface area (TPSA) is 116 Å². The van der Waals surface area contributed by atoms with Gasteiger partial charge in [-0.1, -0.05) is 0 Å². The molecule has 0 aromatic carbocycles. The molecule has 2 aromatic heterocycles. The molecule has 2 aromatic rings. The van der Waals surface area contributed by atoms with Crippen molar-refractivity contribution in [2.24, 2.45) is 12.8 Å². The van der Waals surface area contributed by atoms with E-state index in [9.17, 15) is 14.4 Å². The van der Waals surface area contributed by atoms with E-state index in [4.69, 9.17) is 5.73 Å². The summed E-state index contributed by atoms with van der Waals surface area (Å²) in [4.78, 5) is 40.2. The molecule has 8 heteroatoms. The van der Waals surface area contributed by atoms with Gasteiger partial charge in [0.25, 0.3) is 5.56 Å². The van der Waals surface area contributed by atoms with Crippen LogP contribution in [0.3, 0.4) is 0 Å². The number of aryl methyl sites for hydroxylation is 1. The highest BCUT2D eigenvalue weighted by Gasteiger charge is 2.18. The highest BCUT2D eigenvalue weighted by molar-refractivity contribution is 5.80. The van der Waals surface area contributed by atoms with Gasteiger partial charge in [0, 0.05) is 7.05 Å². The number of nitrogens with one attached hydrogen (secondary N) is 1. The highest BCUT2D eigenvalue weighted by atomic mass is 16.2. The first kappa shape index (κ1) is 11.1. The van der Waals surface area contributed by atoms with Gasteiger partial charge in [0.05, 0.1) is 6.33 Å². The summed E-state index contributed by atoms with van der Waals surface area (Å²) in [6.07, 6.45) is 1.31. The molecule has 0 saturated heterocycles. The number of carbonyl (C=O) groups excluding carboxylic acids is 1. The van der Waals surface area contributed by atoms with Crippen molar-refractivity contribution in [2.75, 3.05) is 0 Å².